The standard InChI is InChI=1S/C22H28F3N3OSi/c1-21(2,3)30(4,5)29-14-13-26-20-15-16-9-6-7-10-17(16)28(20)19-12-8-11-18(27-19)22(23,24)25/h6-12,15,26H,13-14H2,1-5H3. The summed E-state index contributed by atoms with van der Waals surface area (Å²) in [6.45, 7) is 12.0. The minimum Gasteiger partial charge on any atom is -0.415 e. The van der Waals surface area contributed by atoms with Gasteiger partial charge in [-0.2, -0.15) is 13.2 Å². The highest BCUT2D eigenvalue weighted by molar-refractivity contribution is 6.74. The van der Waals surface area contributed by atoms with Crippen LogP contribution < -0.4 is 5.32 Å². The Kier molecular flexibility index (Phi) is 6.02. The number of benzene rings is 1. The fourth-order valence-electron chi connectivity index (χ4n) is 2.94. The molecule has 1 aromatic carbocycles. The van der Waals surface area contributed by atoms with Crippen LogP contribution >= 0.6 is 0 Å². The van der Waals surface area contributed by atoms with Gasteiger partial charge in [0.05, 0.1) is 12.1 Å². The van der Waals surface area contributed by atoms with Crippen molar-refractivity contribution in [1.29, 1.82) is 0 Å². The zero-order chi connectivity index (χ0) is 22.2. The van der Waals surface area contributed by atoms with Crippen LogP contribution in [0.25, 0.3) is 16.7 Å². The third kappa shape index (κ3) is 4.70. The van der Waals surface area contributed by atoms with Gasteiger partial charge in [-0.1, -0.05) is 45.0 Å². The number of pyridine rings is 1. The quantitative estimate of drug-likeness (QED) is 0.356. The minimum absolute atomic E-state index is 0.115. The van der Waals surface area contributed by atoms with E-state index in [4.69, 9.17) is 4.43 Å². The first-order valence-electron chi connectivity index (χ1n) is 9.93. The maximum atomic E-state index is 13.2. The van der Waals surface area contributed by atoms with Crippen LogP contribution in [0.4, 0.5) is 19.0 Å². The molecule has 2 aromatic heterocycles. The summed E-state index contributed by atoms with van der Waals surface area (Å²) >= 11 is 0. The van der Waals surface area contributed by atoms with Crippen molar-refractivity contribution in [2.75, 3.05) is 18.5 Å². The van der Waals surface area contributed by atoms with Crippen molar-refractivity contribution in [3.63, 3.8) is 0 Å². The summed E-state index contributed by atoms with van der Waals surface area (Å²) in [5.74, 6) is 0.903. The summed E-state index contributed by atoms with van der Waals surface area (Å²) < 4.78 is 47.5. The molecule has 0 amide bonds. The number of fused-ring (bicyclic) bond motifs is 1. The lowest BCUT2D eigenvalue weighted by atomic mass is 10.2. The molecule has 0 saturated carbocycles. The molecule has 0 fully saturated rings. The highest BCUT2D eigenvalue weighted by atomic mass is 28.4. The molecule has 4 nitrogen and oxygen atoms in total. The molecule has 1 N–H and O–H groups in total. The lowest BCUT2D eigenvalue weighted by Gasteiger charge is -2.36. The third-order valence-corrected chi connectivity index (χ3v) is 10.2. The Morgan fingerprint density at radius 3 is 2.40 bits per heavy atom. The number of para-hydroxylation sites is 1. The number of alkyl halides is 3. The molecule has 0 bridgehead atoms. The van der Waals surface area contributed by atoms with Gasteiger partial charge in [0.25, 0.3) is 0 Å². The number of hydrogen-bond acceptors (Lipinski definition) is 3. The van der Waals surface area contributed by atoms with Gasteiger partial charge in [-0.3, -0.25) is 4.57 Å². The summed E-state index contributed by atoms with van der Waals surface area (Å²) in [5, 5.41) is 4.36. The monoisotopic (exact) mass is 435 g/mol. The number of nitrogens with zero attached hydrogens (tertiary/aromatic N) is 2. The number of hydrogen-bond donors (Lipinski definition) is 1. The van der Waals surface area contributed by atoms with Crippen molar-refractivity contribution >= 4 is 25.0 Å². The molecule has 3 aromatic rings. The van der Waals surface area contributed by atoms with Gasteiger partial charge in [0.1, 0.15) is 17.3 Å². The molecule has 0 aliphatic rings. The second-order valence-corrected chi connectivity index (χ2v) is 13.6. The molecule has 0 radical (unpaired) electrons. The van der Waals surface area contributed by atoms with E-state index in [0.29, 0.717) is 19.0 Å². The van der Waals surface area contributed by atoms with Gasteiger partial charge in [-0.25, -0.2) is 4.98 Å². The van der Waals surface area contributed by atoms with Crippen LogP contribution in [0.15, 0.2) is 48.5 Å². The van der Waals surface area contributed by atoms with E-state index in [1.807, 2.05) is 30.3 Å². The van der Waals surface area contributed by atoms with Crippen molar-refractivity contribution in [2.24, 2.45) is 0 Å². The van der Waals surface area contributed by atoms with Gasteiger partial charge >= 0.3 is 6.18 Å². The average molecular weight is 436 g/mol. The van der Waals surface area contributed by atoms with E-state index >= 15 is 0 Å². The molecule has 8 heteroatoms. The van der Waals surface area contributed by atoms with Crippen molar-refractivity contribution in [2.45, 2.75) is 45.1 Å². The maximum absolute atomic E-state index is 13.2. The van der Waals surface area contributed by atoms with E-state index in [0.717, 1.165) is 17.0 Å². The maximum Gasteiger partial charge on any atom is 0.433 e. The molecule has 30 heavy (non-hydrogen) atoms. The smallest absolute Gasteiger partial charge is 0.415 e. The fraction of sp³-hybridized carbons (Fsp3) is 0.409. The number of nitrogens with one attached hydrogen (secondary N) is 1. The second-order valence-electron chi connectivity index (χ2n) is 8.84. The van der Waals surface area contributed by atoms with E-state index < -0.39 is 20.2 Å². The predicted octanol–water partition coefficient (Wildman–Crippen LogP) is 6.48. The van der Waals surface area contributed by atoms with E-state index in [1.54, 1.807) is 10.6 Å². The van der Waals surface area contributed by atoms with Crippen LogP contribution in [-0.2, 0) is 10.6 Å². The molecule has 0 spiro atoms. The van der Waals surface area contributed by atoms with Crippen LogP contribution in [-0.4, -0.2) is 31.0 Å². The lowest BCUT2D eigenvalue weighted by molar-refractivity contribution is -0.141. The Hall–Kier alpha value is -2.32. The Balaban J connectivity index is 1.88. The van der Waals surface area contributed by atoms with Crippen molar-refractivity contribution in [3.8, 4) is 5.82 Å². The highest BCUT2D eigenvalue weighted by Crippen LogP contribution is 2.36. The molecule has 3 rings (SSSR count). The summed E-state index contributed by atoms with van der Waals surface area (Å²) in [7, 11) is -1.87. The number of anilines is 1. The lowest BCUT2D eigenvalue weighted by Crippen LogP contribution is -2.41. The van der Waals surface area contributed by atoms with Gasteiger partial charge in [0, 0.05) is 11.9 Å². The molecule has 2 heterocycles. The molecule has 0 aliphatic heterocycles. The van der Waals surface area contributed by atoms with Gasteiger partial charge in [-0.15, -0.1) is 0 Å². The Morgan fingerprint density at radius 2 is 1.73 bits per heavy atom. The van der Waals surface area contributed by atoms with Gasteiger partial charge in [-0.05, 0) is 42.4 Å². The average Bonchev–Trinajstić information content (AvgIpc) is 3.02. The third-order valence-electron chi connectivity index (χ3n) is 5.64. The molecule has 162 valence electrons. The predicted molar refractivity (Wildman–Crippen MR) is 118 cm³/mol. The Bertz CT molecular complexity index is 1020. The van der Waals surface area contributed by atoms with E-state index in [9.17, 15) is 13.2 Å². The van der Waals surface area contributed by atoms with Crippen molar-refractivity contribution in [3.05, 3.63) is 54.2 Å². The van der Waals surface area contributed by atoms with Crippen LogP contribution in [0.1, 0.15) is 26.5 Å². The summed E-state index contributed by atoms with van der Waals surface area (Å²) in [5.41, 5.74) is -0.123. The normalized spacial score (nSPS) is 13.1. The molecular formula is C22H28F3N3OSi. The summed E-state index contributed by atoms with van der Waals surface area (Å²) in [4.78, 5) is 3.87. The van der Waals surface area contributed by atoms with E-state index in [-0.39, 0.29) is 10.9 Å². The number of halogens is 3. The Morgan fingerprint density at radius 1 is 1.03 bits per heavy atom. The topological polar surface area (TPSA) is 39.1 Å². The van der Waals surface area contributed by atoms with Crippen molar-refractivity contribution < 1.29 is 17.6 Å². The van der Waals surface area contributed by atoms with E-state index in [1.165, 1.54) is 6.07 Å². The summed E-state index contributed by atoms with van der Waals surface area (Å²) in [6.07, 6.45) is -4.50. The van der Waals surface area contributed by atoms with Crippen LogP contribution in [0.3, 0.4) is 0 Å². The molecule has 0 atom stereocenters. The highest BCUT2D eigenvalue weighted by Gasteiger charge is 2.37. The van der Waals surface area contributed by atoms with Gasteiger partial charge < -0.3 is 9.74 Å². The summed E-state index contributed by atoms with van der Waals surface area (Å²) in [6, 6.07) is 13.4. The van der Waals surface area contributed by atoms with Crippen LogP contribution in [0.5, 0.6) is 0 Å². The van der Waals surface area contributed by atoms with E-state index in [2.05, 4.69) is 44.2 Å². The van der Waals surface area contributed by atoms with Crippen molar-refractivity contribution in [1.82, 2.24) is 9.55 Å². The molecule has 0 unspecified atom stereocenters. The van der Waals surface area contributed by atoms with Gasteiger partial charge in [0.15, 0.2) is 8.32 Å². The molecular weight excluding hydrogens is 407 g/mol. The molecule has 0 saturated heterocycles. The number of rotatable bonds is 6. The number of aromatic nitrogens is 2. The van der Waals surface area contributed by atoms with Gasteiger partial charge in [0.2, 0.25) is 0 Å². The second kappa shape index (κ2) is 8.07. The SMILES string of the molecule is CC(C)(C)[Si](C)(C)OCCNc1cc2ccccc2n1-c1cccc(C(F)(F)F)n1. The zero-order valence-electron chi connectivity index (χ0n) is 18.0. The van der Waals surface area contributed by atoms with Crippen LogP contribution in [0.2, 0.25) is 18.1 Å². The first-order chi connectivity index (χ1) is 13.9. The first kappa shape index (κ1) is 22.4. The zero-order valence-corrected chi connectivity index (χ0v) is 19.0. The largest absolute Gasteiger partial charge is 0.433 e. The first-order valence-corrected chi connectivity index (χ1v) is 12.8. The molecule has 0 aliphatic carbocycles. The minimum atomic E-state index is -4.50. The fourth-order valence-corrected chi connectivity index (χ4v) is 3.98. The Labute approximate surface area is 176 Å². The van der Waals surface area contributed by atoms with Crippen LogP contribution in [0, 0.1) is 0 Å².